The molecule has 1 aromatic rings. The zero-order chi connectivity index (χ0) is 13.6. The van der Waals surface area contributed by atoms with E-state index in [1.807, 2.05) is 0 Å². The van der Waals surface area contributed by atoms with E-state index in [-0.39, 0.29) is 11.7 Å². The van der Waals surface area contributed by atoms with Gasteiger partial charge in [0.2, 0.25) is 0 Å². The lowest BCUT2D eigenvalue weighted by molar-refractivity contribution is -0.116. The predicted molar refractivity (Wildman–Crippen MR) is 79.8 cm³/mol. The third-order valence-electron chi connectivity index (χ3n) is 3.11. The Hall–Kier alpha value is -1.14. The topological polar surface area (TPSA) is 61.7 Å². The average Bonchev–Trinajstić information content (AvgIpc) is 3.14. The monoisotopic (exact) mass is 384 g/mol. The van der Waals surface area contributed by atoms with Gasteiger partial charge < -0.3 is 5.11 Å². The van der Waals surface area contributed by atoms with Gasteiger partial charge in [0.1, 0.15) is 5.75 Å². The van der Waals surface area contributed by atoms with E-state index >= 15 is 0 Å². The van der Waals surface area contributed by atoms with Gasteiger partial charge >= 0.3 is 0 Å². The summed E-state index contributed by atoms with van der Waals surface area (Å²) in [7, 11) is 0. The minimum absolute atomic E-state index is 0.147. The van der Waals surface area contributed by atoms with Crippen LogP contribution >= 0.6 is 31.9 Å². The lowest BCUT2D eigenvalue weighted by Gasteiger charge is -2.04. The SMILES string of the molecule is O=C1NN=C(C2CC2)/C1=C\c1cc(Br)c(O)c(Br)c1. The van der Waals surface area contributed by atoms with Gasteiger partial charge in [-0.1, -0.05) is 0 Å². The summed E-state index contributed by atoms with van der Waals surface area (Å²) in [6.07, 6.45) is 3.98. The Morgan fingerprint density at radius 2 is 1.95 bits per heavy atom. The van der Waals surface area contributed by atoms with Crippen LogP contribution < -0.4 is 5.43 Å². The molecule has 2 N–H and O–H groups in total. The minimum Gasteiger partial charge on any atom is -0.506 e. The number of phenolic OH excluding ortho intramolecular Hbond substituents is 1. The normalized spacial score (nSPS) is 20.6. The molecule has 6 heteroatoms. The molecule has 0 bridgehead atoms. The molecule has 1 saturated carbocycles. The van der Waals surface area contributed by atoms with Crippen LogP contribution in [0.25, 0.3) is 6.08 Å². The molecule has 1 heterocycles. The van der Waals surface area contributed by atoms with Gasteiger partial charge in [-0.3, -0.25) is 4.79 Å². The standard InChI is InChI=1S/C13H10Br2N2O2/c14-9-4-6(5-10(15)12(9)18)3-8-11(7-1-2-7)16-17-13(8)19/h3-5,7,18H,1-2H2,(H,17,19)/b8-3+. The highest BCUT2D eigenvalue weighted by molar-refractivity contribution is 9.11. The summed E-state index contributed by atoms with van der Waals surface area (Å²) >= 11 is 6.56. The van der Waals surface area contributed by atoms with Crippen molar-refractivity contribution in [2.24, 2.45) is 11.0 Å². The summed E-state index contributed by atoms with van der Waals surface area (Å²) in [6.45, 7) is 0. The Morgan fingerprint density at radius 1 is 1.32 bits per heavy atom. The van der Waals surface area contributed by atoms with Crippen molar-refractivity contribution in [1.29, 1.82) is 0 Å². The molecule has 0 aromatic heterocycles. The van der Waals surface area contributed by atoms with Gasteiger partial charge in [-0.2, -0.15) is 5.10 Å². The van der Waals surface area contributed by atoms with Gasteiger partial charge in [-0.15, -0.1) is 0 Å². The average molecular weight is 386 g/mol. The van der Waals surface area contributed by atoms with Gasteiger partial charge in [0.25, 0.3) is 5.91 Å². The van der Waals surface area contributed by atoms with E-state index in [1.165, 1.54) is 0 Å². The summed E-state index contributed by atoms with van der Waals surface area (Å²) in [5, 5.41) is 13.8. The fourth-order valence-corrected chi connectivity index (χ4v) is 3.21. The summed E-state index contributed by atoms with van der Waals surface area (Å²) < 4.78 is 1.16. The molecule has 4 nitrogen and oxygen atoms in total. The van der Waals surface area contributed by atoms with Gasteiger partial charge in [-0.05, 0) is 68.5 Å². The number of hydrazone groups is 1. The van der Waals surface area contributed by atoms with E-state index in [9.17, 15) is 9.90 Å². The van der Waals surface area contributed by atoms with Crippen molar-refractivity contribution in [2.75, 3.05) is 0 Å². The van der Waals surface area contributed by atoms with Crippen LogP contribution in [0.5, 0.6) is 5.75 Å². The molecule has 1 aliphatic heterocycles. The van der Waals surface area contributed by atoms with Crippen molar-refractivity contribution in [2.45, 2.75) is 12.8 Å². The van der Waals surface area contributed by atoms with E-state index in [4.69, 9.17) is 0 Å². The number of nitrogens with one attached hydrogen (secondary N) is 1. The second-order valence-electron chi connectivity index (χ2n) is 4.60. The number of amides is 1. The molecule has 98 valence electrons. The molecule has 19 heavy (non-hydrogen) atoms. The number of carbonyl (C=O) groups excluding carboxylic acids is 1. The van der Waals surface area contributed by atoms with Crippen LogP contribution in [0.1, 0.15) is 18.4 Å². The molecule has 1 amide bonds. The van der Waals surface area contributed by atoms with Crippen LogP contribution in [0.15, 0.2) is 31.8 Å². The second kappa shape index (κ2) is 4.76. The largest absolute Gasteiger partial charge is 0.506 e. The summed E-state index contributed by atoms with van der Waals surface area (Å²) in [5.41, 5.74) is 4.81. The van der Waals surface area contributed by atoms with Crippen LogP contribution in [0, 0.1) is 5.92 Å². The summed E-state index contributed by atoms with van der Waals surface area (Å²) in [6, 6.07) is 3.53. The molecule has 0 spiro atoms. The first-order valence-corrected chi connectivity index (χ1v) is 7.43. The smallest absolute Gasteiger partial charge is 0.273 e. The maximum Gasteiger partial charge on any atom is 0.273 e. The van der Waals surface area contributed by atoms with Gasteiger partial charge in [0.05, 0.1) is 20.2 Å². The number of benzene rings is 1. The fraction of sp³-hybridized carbons (Fsp3) is 0.231. The maximum absolute atomic E-state index is 11.8. The summed E-state index contributed by atoms with van der Waals surface area (Å²) in [5.74, 6) is 0.394. The van der Waals surface area contributed by atoms with Gasteiger partial charge in [-0.25, -0.2) is 5.43 Å². The highest BCUT2D eigenvalue weighted by Gasteiger charge is 2.35. The first-order valence-electron chi connectivity index (χ1n) is 5.84. The molecule has 0 unspecified atom stereocenters. The Bertz CT molecular complexity index is 611. The number of halogens is 2. The van der Waals surface area contributed by atoms with Gasteiger partial charge in [0.15, 0.2) is 0 Å². The van der Waals surface area contributed by atoms with Crippen molar-refractivity contribution in [3.05, 3.63) is 32.2 Å². The molecular weight excluding hydrogens is 376 g/mol. The number of rotatable bonds is 2. The third kappa shape index (κ3) is 2.47. The second-order valence-corrected chi connectivity index (χ2v) is 6.31. The van der Waals surface area contributed by atoms with Crippen molar-refractivity contribution in [1.82, 2.24) is 5.43 Å². The molecule has 1 fully saturated rings. The van der Waals surface area contributed by atoms with Crippen LogP contribution in [-0.2, 0) is 4.79 Å². The maximum atomic E-state index is 11.8. The lowest BCUT2D eigenvalue weighted by Crippen LogP contribution is -2.13. The fourth-order valence-electron chi connectivity index (χ4n) is 1.99. The zero-order valence-electron chi connectivity index (χ0n) is 9.78. The number of phenols is 1. The van der Waals surface area contributed by atoms with E-state index in [2.05, 4.69) is 42.4 Å². The van der Waals surface area contributed by atoms with Crippen molar-refractivity contribution >= 4 is 49.6 Å². The number of carbonyl (C=O) groups is 1. The van der Waals surface area contributed by atoms with Crippen LogP contribution in [0.4, 0.5) is 0 Å². The zero-order valence-corrected chi connectivity index (χ0v) is 13.0. The Kier molecular flexibility index (Phi) is 3.22. The predicted octanol–water partition coefficient (Wildman–Crippen LogP) is 3.20. The van der Waals surface area contributed by atoms with Crippen LogP contribution in [0.2, 0.25) is 0 Å². The molecular formula is C13H10Br2N2O2. The highest BCUT2D eigenvalue weighted by atomic mass is 79.9. The van der Waals surface area contributed by atoms with Crippen molar-refractivity contribution < 1.29 is 9.90 Å². The number of nitrogens with zero attached hydrogens (tertiary/aromatic N) is 1. The number of hydrogen-bond acceptors (Lipinski definition) is 3. The molecule has 0 radical (unpaired) electrons. The highest BCUT2D eigenvalue weighted by Crippen LogP contribution is 2.37. The van der Waals surface area contributed by atoms with E-state index in [1.54, 1.807) is 18.2 Å². The first kappa shape index (κ1) is 12.9. The quantitative estimate of drug-likeness (QED) is 0.768. The molecule has 1 aromatic carbocycles. The van der Waals surface area contributed by atoms with Crippen LogP contribution in [-0.4, -0.2) is 16.7 Å². The molecule has 0 atom stereocenters. The van der Waals surface area contributed by atoms with Crippen molar-refractivity contribution in [3.8, 4) is 5.75 Å². The Labute approximate surface area is 126 Å². The molecule has 0 saturated heterocycles. The van der Waals surface area contributed by atoms with E-state index in [0.717, 1.165) is 24.1 Å². The molecule has 2 aliphatic rings. The third-order valence-corrected chi connectivity index (χ3v) is 4.32. The van der Waals surface area contributed by atoms with E-state index < -0.39 is 0 Å². The van der Waals surface area contributed by atoms with E-state index in [0.29, 0.717) is 20.4 Å². The number of hydrogen-bond donors (Lipinski definition) is 2. The first-order chi connectivity index (χ1) is 9.06. The Morgan fingerprint density at radius 3 is 2.53 bits per heavy atom. The number of aromatic hydroxyl groups is 1. The van der Waals surface area contributed by atoms with Crippen molar-refractivity contribution in [3.63, 3.8) is 0 Å². The molecule has 3 rings (SSSR count). The molecule has 1 aliphatic carbocycles. The summed E-state index contributed by atoms with van der Waals surface area (Å²) in [4.78, 5) is 11.8. The lowest BCUT2D eigenvalue weighted by atomic mass is 10.0. The minimum atomic E-state index is -0.165. The van der Waals surface area contributed by atoms with Gasteiger partial charge in [0, 0.05) is 5.92 Å². The van der Waals surface area contributed by atoms with Crippen LogP contribution in [0.3, 0.4) is 0 Å². The Balaban J connectivity index is 2.00.